The zero-order chi connectivity index (χ0) is 14.5. The second-order valence-electron chi connectivity index (χ2n) is 6.49. The molecule has 5 nitrogen and oxygen atoms in total. The number of hydrogen-bond donors (Lipinski definition) is 1. The van der Waals surface area contributed by atoms with E-state index in [1.807, 2.05) is 0 Å². The molecule has 1 aliphatic heterocycles. The Kier molecular flexibility index (Phi) is 5.25. The van der Waals surface area contributed by atoms with E-state index < -0.39 is 0 Å². The van der Waals surface area contributed by atoms with Gasteiger partial charge in [-0.25, -0.2) is 0 Å². The summed E-state index contributed by atoms with van der Waals surface area (Å²) >= 11 is 0. The lowest BCUT2D eigenvalue weighted by molar-refractivity contribution is 0.155. The van der Waals surface area contributed by atoms with Crippen LogP contribution in [0, 0.1) is 5.92 Å². The van der Waals surface area contributed by atoms with E-state index in [1.165, 1.54) is 25.7 Å². The Morgan fingerprint density at radius 3 is 2.76 bits per heavy atom. The van der Waals surface area contributed by atoms with Crippen LogP contribution in [-0.4, -0.2) is 41.2 Å². The summed E-state index contributed by atoms with van der Waals surface area (Å²) in [6, 6.07) is 0.332. The molecule has 0 amide bonds. The van der Waals surface area contributed by atoms with E-state index >= 15 is 0 Å². The second kappa shape index (κ2) is 7.36. The number of hydrogen-bond acceptors (Lipinski definition) is 5. The molecule has 1 aromatic heterocycles. The third-order valence-corrected chi connectivity index (χ3v) is 4.87. The van der Waals surface area contributed by atoms with Crippen molar-refractivity contribution < 1.29 is 4.52 Å². The van der Waals surface area contributed by atoms with Crippen molar-refractivity contribution in [3.8, 4) is 0 Å². The summed E-state index contributed by atoms with van der Waals surface area (Å²) in [6.45, 7) is 6.52. The van der Waals surface area contributed by atoms with Crippen molar-refractivity contribution in [3.63, 3.8) is 0 Å². The van der Waals surface area contributed by atoms with Crippen molar-refractivity contribution in [1.29, 1.82) is 0 Å². The van der Waals surface area contributed by atoms with Crippen molar-refractivity contribution in [2.45, 2.75) is 57.9 Å². The molecule has 0 radical (unpaired) electrons. The standard InChI is InChI=1S/C16H28N4O/c1-2-5-14(20-10-8-17-9-11-20)16-18-15(21-19-16)12-13-6-3-4-7-13/h13-14,17H,2-12H2,1H3. The van der Waals surface area contributed by atoms with Gasteiger partial charge >= 0.3 is 0 Å². The van der Waals surface area contributed by atoms with E-state index in [-0.39, 0.29) is 0 Å². The lowest BCUT2D eigenvalue weighted by atomic mass is 10.0. The van der Waals surface area contributed by atoms with Crippen molar-refractivity contribution in [1.82, 2.24) is 20.4 Å². The zero-order valence-corrected chi connectivity index (χ0v) is 13.2. The van der Waals surface area contributed by atoms with E-state index in [0.29, 0.717) is 6.04 Å². The Labute approximate surface area is 127 Å². The summed E-state index contributed by atoms with van der Waals surface area (Å²) in [4.78, 5) is 7.23. The SMILES string of the molecule is CCCC(c1noc(CC2CCCC2)n1)N1CCNCC1. The van der Waals surface area contributed by atoms with Crippen LogP contribution in [0.25, 0.3) is 0 Å². The van der Waals surface area contributed by atoms with Crippen LogP contribution in [-0.2, 0) is 6.42 Å². The molecular formula is C16H28N4O. The minimum absolute atomic E-state index is 0.332. The highest BCUT2D eigenvalue weighted by molar-refractivity contribution is 4.97. The number of piperazine rings is 1. The number of rotatable bonds is 6. The molecule has 0 aromatic carbocycles. The average Bonchev–Trinajstić information content (AvgIpc) is 3.18. The molecule has 1 atom stereocenters. The highest BCUT2D eigenvalue weighted by Gasteiger charge is 2.26. The molecular weight excluding hydrogens is 264 g/mol. The summed E-state index contributed by atoms with van der Waals surface area (Å²) in [6.07, 6.45) is 8.63. The van der Waals surface area contributed by atoms with Crippen molar-refractivity contribution >= 4 is 0 Å². The van der Waals surface area contributed by atoms with Crippen LogP contribution >= 0.6 is 0 Å². The van der Waals surface area contributed by atoms with E-state index in [0.717, 1.165) is 63.1 Å². The van der Waals surface area contributed by atoms with Crippen LogP contribution in [0.1, 0.15) is 63.2 Å². The van der Waals surface area contributed by atoms with Gasteiger partial charge in [-0.2, -0.15) is 4.98 Å². The minimum Gasteiger partial charge on any atom is -0.339 e. The smallest absolute Gasteiger partial charge is 0.226 e. The lowest BCUT2D eigenvalue weighted by Gasteiger charge is -2.33. The average molecular weight is 292 g/mol. The maximum absolute atomic E-state index is 5.54. The largest absolute Gasteiger partial charge is 0.339 e. The molecule has 1 aromatic rings. The number of aromatic nitrogens is 2. The highest BCUT2D eigenvalue weighted by Crippen LogP contribution is 2.29. The Hall–Kier alpha value is -0.940. The fourth-order valence-electron chi connectivity index (χ4n) is 3.69. The van der Waals surface area contributed by atoms with Gasteiger partial charge in [0, 0.05) is 32.6 Å². The lowest BCUT2D eigenvalue weighted by Crippen LogP contribution is -2.45. The predicted octanol–water partition coefficient (Wildman–Crippen LogP) is 2.55. The number of nitrogens with one attached hydrogen (secondary N) is 1. The molecule has 21 heavy (non-hydrogen) atoms. The Balaban J connectivity index is 1.65. The van der Waals surface area contributed by atoms with Gasteiger partial charge in [-0.05, 0) is 25.2 Å². The molecule has 1 aliphatic carbocycles. The Morgan fingerprint density at radius 1 is 1.29 bits per heavy atom. The van der Waals surface area contributed by atoms with Gasteiger partial charge in [0.05, 0.1) is 6.04 Å². The molecule has 2 heterocycles. The monoisotopic (exact) mass is 292 g/mol. The minimum atomic E-state index is 0.332. The molecule has 1 N–H and O–H groups in total. The van der Waals surface area contributed by atoms with Gasteiger partial charge in [0.1, 0.15) is 0 Å². The van der Waals surface area contributed by atoms with Gasteiger partial charge in [-0.15, -0.1) is 0 Å². The first-order valence-corrected chi connectivity index (χ1v) is 8.64. The molecule has 1 saturated carbocycles. The molecule has 0 spiro atoms. The van der Waals surface area contributed by atoms with Crippen LogP contribution < -0.4 is 5.32 Å². The maximum Gasteiger partial charge on any atom is 0.226 e. The molecule has 5 heteroatoms. The van der Waals surface area contributed by atoms with Gasteiger partial charge in [0.15, 0.2) is 5.82 Å². The van der Waals surface area contributed by atoms with E-state index in [2.05, 4.69) is 22.3 Å². The zero-order valence-electron chi connectivity index (χ0n) is 13.2. The van der Waals surface area contributed by atoms with Crippen LogP contribution in [0.3, 0.4) is 0 Å². The quantitative estimate of drug-likeness (QED) is 0.873. The van der Waals surface area contributed by atoms with Crippen molar-refractivity contribution in [2.24, 2.45) is 5.92 Å². The van der Waals surface area contributed by atoms with Gasteiger partial charge < -0.3 is 9.84 Å². The van der Waals surface area contributed by atoms with Gasteiger partial charge in [0.25, 0.3) is 0 Å². The first-order chi connectivity index (χ1) is 10.4. The Morgan fingerprint density at radius 2 is 2.05 bits per heavy atom. The summed E-state index contributed by atoms with van der Waals surface area (Å²) < 4.78 is 5.54. The first kappa shape index (κ1) is 15.0. The van der Waals surface area contributed by atoms with Gasteiger partial charge in [0.2, 0.25) is 5.89 Å². The molecule has 3 rings (SSSR count). The first-order valence-electron chi connectivity index (χ1n) is 8.64. The second-order valence-corrected chi connectivity index (χ2v) is 6.49. The highest BCUT2D eigenvalue weighted by atomic mass is 16.5. The van der Waals surface area contributed by atoms with Gasteiger partial charge in [-0.1, -0.05) is 31.3 Å². The van der Waals surface area contributed by atoms with E-state index in [9.17, 15) is 0 Å². The molecule has 0 bridgehead atoms. The van der Waals surface area contributed by atoms with E-state index in [1.54, 1.807) is 0 Å². The molecule has 2 fully saturated rings. The summed E-state index contributed by atoms with van der Waals surface area (Å²) in [5, 5.41) is 7.71. The fraction of sp³-hybridized carbons (Fsp3) is 0.875. The third-order valence-electron chi connectivity index (χ3n) is 4.87. The van der Waals surface area contributed by atoms with Crippen LogP contribution in [0.15, 0.2) is 4.52 Å². The summed E-state index contributed by atoms with van der Waals surface area (Å²) in [7, 11) is 0. The van der Waals surface area contributed by atoms with Crippen LogP contribution in [0.4, 0.5) is 0 Å². The van der Waals surface area contributed by atoms with Crippen molar-refractivity contribution in [2.75, 3.05) is 26.2 Å². The van der Waals surface area contributed by atoms with Crippen molar-refractivity contribution in [3.05, 3.63) is 11.7 Å². The molecule has 1 saturated heterocycles. The molecule has 2 aliphatic rings. The topological polar surface area (TPSA) is 54.2 Å². The molecule has 1 unspecified atom stereocenters. The maximum atomic E-state index is 5.54. The molecule has 118 valence electrons. The van der Waals surface area contributed by atoms with Crippen LogP contribution in [0.5, 0.6) is 0 Å². The summed E-state index contributed by atoms with van der Waals surface area (Å²) in [5.41, 5.74) is 0. The predicted molar refractivity (Wildman–Crippen MR) is 82.1 cm³/mol. The Bertz CT molecular complexity index is 422. The van der Waals surface area contributed by atoms with Gasteiger partial charge in [-0.3, -0.25) is 4.90 Å². The third kappa shape index (κ3) is 3.83. The van der Waals surface area contributed by atoms with E-state index in [4.69, 9.17) is 9.51 Å². The number of nitrogens with zero attached hydrogens (tertiary/aromatic N) is 3. The van der Waals surface area contributed by atoms with Crippen LogP contribution in [0.2, 0.25) is 0 Å². The normalized spacial score (nSPS) is 22.7. The fourth-order valence-corrected chi connectivity index (χ4v) is 3.69. The summed E-state index contributed by atoms with van der Waals surface area (Å²) in [5.74, 6) is 2.53.